The third kappa shape index (κ3) is 3.50. The third-order valence-electron chi connectivity index (χ3n) is 4.19. The summed E-state index contributed by atoms with van der Waals surface area (Å²) in [6, 6.07) is 7.37. The molecule has 116 valence electrons. The van der Waals surface area contributed by atoms with E-state index in [1.54, 1.807) is 6.07 Å². The van der Waals surface area contributed by atoms with Crippen LogP contribution in [0, 0.1) is 0 Å². The van der Waals surface area contributed by atoms with E-state index >= 15 is 0 Å². The molecular formula is C16H22ClNO3. The largest absolute Gasteiger partial charge is 0.467 e. The van der Waals surface area contributed by atoms with E-state index in [-0.39, 0.29) is 11.6 Å². The standard InChI is InChI=1S/C16H22ClNO3/c1-4-15(2)11-16(8-9-21-15,14(19)20-3)18-13-7-5-6-12(17)10-13/h5-7,10,18H,4,8-9,11H2,1-3H3. The number of ether oxygens (including phenoxy) is 2. The van der Waals surface area contributed by atoms with Gasteiger partial charge in [0.2, 0.25) is 0 Å². The van der Waals surface area contributed by atoms with Crippen LogP contribution in [0.1, 0.15) is 33.1 Å². The average Bonchev–Trinajstić information content (AvgIpc) is 2.46. The van der Waals surface area contributed by atoms with Crippen molar-refractivity contribution in [2.24, 2.45) is 0 Å². The van der Waals surface area contributed by atoms with Gasteiger partial charge in [0, 0.05) is 23.6 Å². The number of halogens is 1. The Hall–Kier alpha value is -1.26. The van der Waals surface area contributed by atoms with Crippen LogP contribution in [0.4, 0.5) is 5.69 Å². The van der Waals surface area contributed by atoms with Gasteiger partial charge in [-0.15, -0.1) is 0 Å². The zero-order valence-electron chi connectivity index (χ0n) is 12.7. The van der Waals surface area contributed by atoms with Gasteiger partial charge in [0.1, 0.15) is 5.54 Å². The fourth-order valence-electron chi connectivity index (χ4n) is 2.85. The molecule has 5 heteroatoms. The Labute approximate surface area is 130 Å². The molecule has 1 aliphatic heterocycles. The molecule has 0 bridgehead atoms. The molecule has 0 amide bonds. The van der Waals surface area contributed by atoms with Crippen molar-refractivity contribution < 1.29 is 14.3 Å². The first-order chi connectivity index (χ1) is 9.93. The molecule has 1 heterocycles. The lowest BCUT2D eigenvalue weighted by Crippen LogP contribution is -2.57. The van der Waals surface area contributed by atoms with Gasteiger partial charge >= 0.3 is 5.97 Å². The highest BCUT2D eigenvalue weighted by Crippen LogP contribution is 2.38. The Morgan fingerprint density at radius 3 is 2.90 bits per heavy atom. The van der Waals surface area contributed by atoms with Gasteiger partial charge in [0.25, 0.3) is 0 Å². The van der Waals surface area contributed by atoms with Crippen molar-refractivity contribution in [2.45, 2.75) is 44.2 Å². The van der Waals surface area contributed by atoms with E-state index in [4.69, 9.17) is 21.1 Å². The lowest BCUT2D eigenvalue weighted by atomic mass is 9.79. The normalized spacial score (nSPS) is 29.0. The maximum Gasteiger partial charge on any atom is 0.331 e. The molecule has 0 spiro atoms. The van der Waals surface area contributed by atoms with Crippen LogP contribution in [0.3, 0.4) is 0 Å². The third-order valence-corrected chi connectivity index (χ3v) is 4.42. The summed E-state index contributed by atoms with van der Waals surface area (Å²) in [5.41, 5.74) is -0.297. The molecule has 4 nitrogen and oxygen atoms in total. The lowest BCUT2D eigenvalue weighted by molar-refractivity contribution is -0.158. The summed E-state index contributed by atoms with van der Waals surface area (Å²) in [5.74, 6) is -0.259. The second-order valence-corrected chi connectivity index (χ2v) is 6.22. The number of rotatable bonds is 4. The molecule has 0 saturated carbocycles. The number of esters is 1. The number of carbonyl (C=O) groups is 1. The second-order valence-electron chi connectivity index (χ2n) is 5.79. The van der Waals surface area contributed by atoms with Gasteiger partial charge in [0.15, 0.2) is 0 Å². The van der Waals surface area contributed by atoms with Crippen molar-refractivity contribution in [1.82, 2.24) is 0 Å². The van der Waals surface area contributed by atoms with E-state index in [1.807, 2.05) is 25.1 Å². The van der Waals surface area contributed by atoms with Gasteiger partial charge in [-0.2, -0.15) is 0 Å². The van der Waals surface area contributed by atoms with E-state index in [0.29, 0.717) is 24.5 Å². The summed E-state index contributed by atoms with van der Waals surface area (Å²) < 4.78 is 10.9. The zero-order valence-corrected chi connectivity index (χ0v) is 13.5. The quantitative estimate of drug-likeness (QED) is 0.862. The van der Waals surface area contributed by atoms with Crippen molar-refractivity contribution in [3.05, 3.63) is 29.3 Å². The summed E-state index contributed by atoms with van der Waals surface area (Å²) in [4.78, 5) is 12.4. The predicted octanol–water partition coefficient (Wildman–Crippen LogP) is 3.64. The highest BCUT2D eigenvalue weighted by Gasteiger charge is 2.48. The fraction of sp³-hybridized carbons (Fsp3) is 0.562. The SMILES string of the molecule is CCC1(C)CC(Nc2cccc(Cl)c2)(C(=O)OC)CCO1. The number of nitrogens with one attached hydrogen (secondary N) is 1. The van der Waals surface area contributed by atoms with E-state index < -0.39 is 5.54 Å². The molecule has 1 aromatic carbocycles. The number of methoxy groups -OCH3 is 1. The minimum absolute atomic E-state index is 0.259. The van der Waals surface area contributed by atoms with Gasteiger partial charge < -0.3 is 14.8 Å². The molecule has 1 N–H and O–H groups in total. The summed E-state index contributed by atoms with van der Waals surface area (Å²) in [6.45, 7) is 4.61. The van der Waals surface area contributed by atoms with Crippen LogP contribution in [0.2, 0.25) is 5.02 Å². The molecule has 1 saturated heterocycles. The summed E-state index contributed by atoms with van der Waals surface area (Å²) in [6.07, 6.45) is 1.97. The van der Waals surface area contributed by atoms with Gasteiger partial charge in [-0.25, -0.2) is 4.79 Å². The minimum Gasteiger partial charge on any atom is -0.467 e. The zero-order chi connectivity index (χ0) is 15.5. The first-order valence-electron chi connectivity index (χ1n) is 7.19. The predicted molar refractivity (Wildman–Crippen MR) is 83.7 cm³/mol. The molecule has 1 fully saturated rings. The molecule has 2 unspecified atom stereocenters. The molecule has 0 aromatic heterocycles. The van der Waals surface area contributed by atoms with Crippen molar-refractivity contribution in [2.75, 3.05) is 19.0 Å². The molecule has 1 aliphatic rings. The number of carbonyl (C=O) groups excluding carboxylic acids is 1. The van der Waals surface area contributed by atoms with Gasteiger partial charge in [-0.1, -0.05) is 24.6 Å². The van der Waals surface area contributed by atoms with Crippen molar-refractivity contribution in [3.8, 4) is 0 Å². The summed E-state index contributed by atoms with van der Waals surface area (Å²) in [5, 5.41) is 3.97. The molecular weight excluding hydrogens is 290 g/mol. The van der Waals surface area contributed by atoms with Crippen molar-refractivity contribution in [1.29, 1.82) is 0 Å². The molecule has 2 rings (SSSR count). The Balaban J connectivity index is 2.31. The Bertz CT molecular complexity index is 522. The smallest absolute Gasteiger partial charge is 0.331 e. The molecule has 21 heavy (non-hydrogen) atoms. The molecule has 0 radical (unpaired) electrons. The van der Waals surface area contributed by atoms with Gasteiger partial charge in [-0.3, -0.25) is 0 Å². The van der Waals surface area contributed by atoms with E-state index in [9.17, 15) is 4.79 Å². The first kappa shape index (κ1) is 16.1. The number of hydrogen-bond acceptors (Lipinski definition) is 4. The van der Waals surface area contributed by atoms with Gasteiger partial charge in [0.05, 0.1) is 19.3 Å². The highest BCUT2D eigenvalue weighted by molar-refractivity contribution is 6.30. The average molecular weight is 312 g/mol. The van der Waals surface area contributed by atoms with Crippen LogP contribution >= 0.6 is 11.6 Å². The highest BCUT2D eigenvalue weighted by atomic mass is 35.5. The van der Waals surface area contributed by atoms with Crippen LogP contribution in [0.25, 0.3) is 0 Å². The van der Waals surface area contributed by atoms with Crippen molar-refractivity contribution >= 4 is 23.3 Å². The monoisotopic (exact) mass is 311 g/mol. The van der Waals surface area contributed by atoms with Crippen LogP contribution < -0.4 is 5.32 Å². The summed E-state index contributed by atoms with van der Waals surface area (Å²) >= 11 is 6.02. The van der Waals surface area contributed by atoms with Crippen LogP contribution in [-0.2, 0) is 14.3 Å². The number of benzene rings is 1. The second kappa shape index (κ2) is 6.24. The minimum atomic E-state index is -0.775. The topological polar surface area (TPSA) is 47.6 Å². The van der Waals surface area contributed by atoms with E-state index in [0.717, 1.165) is 12.1 Å². The maximum absolute atomic E-state index is 12.4. The lowest BCUT2D eigenvalue weighted by Gasteiger charge is -2.45. The Morgan fingerprint density at radius 2 is 2.29 bits per heavy atom. The number of hydrogen-bond donors (Lipinski definition) is 1. The van der Waals surface area contributed by atoms with Crippen molar-refractivity contribution in [3.63, 3.8) is 0 Å². The maximum atomic E-state index is 12.4. The first-order valence-corrected chi connectivity index (χ1v) is 7.57. The molecule has 2 atom stereocenters. The molecule has 1 aromatic rings. The van der Waals surface area contributed by atoms with Crippen LogP contribution in [-0.4, -0.2) is 30.8 Å². The van der Waals surface area contributed by atoms with E-state index in [1.165, 1.54) is 7.11 Å². The van der Waals surface area contributed by atoms with Gasteiger partial charge in [-0.05, 0) is 31.5 Å². The van der Waals surface area contributed by atoms with E-state index in [2.05, 4.69) is 12.2 Å². The molecule has 0 aliphatic carbocycles. The fourth-order valence-corrected chi connectivity index (χ4v) is 3.04. The Morgan fingerprint density at radius 1 is 1.52 bits per heavy atom. The van der Waals surface area contributed by atoms with Crippen LogP contribution in [0.5, 0.6) is 0 Å². The summed E-state index contributed by atoms with van der Waals surface area (Å²) in [7, 11) is 1.42. The Kier molecular flexibility index (Phi) is 4.79. The van der Waals surface area contributed by atoms with Crippen LogP contribution in [0.15, 0.2) is 24.3 Å². The number of anilines is 1.